The first kappa shape index (κ1) is 13.1. The van der Waals surface area contributed by atoms with Gasteiger partial charge in [-0.3, -0.25) is 4.68 Å². The van der Waals surface area contributed by atoms with Gasteiger partial charge in [0.05, 0.1) is 23.6 Å². The Morgan fingerprint density at radius 1 is 1.28 bits per heavy atom. The highest BCUT2D eigenvalue weighted by Gasteiger charge is 2.08. The molecule has 5 nitrogen and oxygen atoms in total. The second-order valence-corrected chi connectivity index (χ2v) is 4.52. The number of hydrogen-bond donors (Lipinski definition) is 0. The molecule has 0 saturated heterocycles. The maximum atomic E-state index is 5.68. The van der Waals surface area contributed by atoms with E-state index in [4.69, 9.17) is 11.6 Å². The average molecular weight is 268 g/mol. The topological polar surface area (TPSA) is 48.5 Å². The molecule has 0 aliphatic rings. The van der Waals surface area contributed by atoms with Crippen LogP contribution in [0.5, 0.6) is 0 Å². The quantitative estimate of drug-likeness (QED) is 0.751. The molecule has 0 aromatic carbocycles. The number of aryl methyl sites for hydroxylation is 3. The van der Waals surface area contributed by atoms with Crippen molar-refractivity contribution < 1.29 is 0 Å². The highest BCUT2D eigenvalue weighted by atomic mass is 35.5. The van der Waals surface area contributed by atoms with Crippen LogP contribution in [0.1, 0.15) is 30.9 Å². The Morgan fingerprint density at radius 3 is 2.78 bits per heavy atom. The third-order valence-electron chi connectivity index (χ3n) is 2.84. The van der Waals surface area contributed by atoms with Crippen molar-refractivity contribution in [3.63, 3.8) is 0 Å². The molecule has 0 radical (unpaired) electrons. The Morgan fingerprint density at radius 2 is 2.11 bits per heavy atom. The van der Waals surface area contributed by atoms with E-state index in [1.165, 1.54) is 0 Å². The van der Waals surface area contributed by atoms with Crippen molar-refractivity contribution in [2.24, 2.45) is 0 Å². The Labute approximate surface area is 112 Å². The Hall–Kier alpha value is -1.36. The number of alkyl halides is 1. The summed E-state index contributed by atoms with van der Waals surface area (Å²) in [5.41, 5.74) is 3.22. The zero-order valence-electron chi connectivity index (χ0n) is 10.8. The second-order valence-electron chi connectivity index (χ2n) is 4.14. The molecule has 18 heavy (non-hydrogen) atoms. The first-order chi connectivity index (χ1) is 8.76. The molecule has 0 aliphatic heterocycles. The standard InChI is InChI=1S/C12H18ClN5/c1-3-10-7-12(18(4-2)15-10)9-17-8-11(5-6-13)14-16-17/h7-8H,3-6,9H2,1-2H3. The lowest BCUT2D eigenvalue weighted by Crippen LogP contribution is -2.08. The fraction of sp³-hybridized carbons (Fsp3) is 0.583. The van der Waals surface area contributed by atoms with Crippen molar-refractivity contribution in [2.75, 3.05) is 5.88 Å². The Kier molecular flexibility index (Phi) is 4.36. The fourth-order valence-electron chi connectivity index (χ4n) is 1.88. The van der Waals surface area contributed by atoms with Crippen LogP contribution in [-0.2, 0) is 25.9 Å². The van der Waals surface area contributed by atoms with Gasteiger partial charge < -0.3 is 0 Å². The summed E-state index contributed by atoms with van der Waals surface area (Å²) >= 11 is 5.68. The minimum atomic E-state index is 0.575. The van der Waals surface area contributed by atoms with Crippen molar-refractivity contribution in [1.82, 2.24) is 24.8 Å². The SMILES string of the molecule is CCc1cc(Cn2cc(CCCl)nn2)n(CC)n1. The van der Waals surface area contributed by atoms with E-state index < -0.39 is 0 Å². The summed E-state index contributed by atoms with van der Waals surface area (Å²) in [6, 6.07) is 2.13. The van der Waals surface area contributed by atoms with Crippen molar-refractivity contribution in [2.45, 2.75) is 39.8 Å². The molecule has 2 heterocycles. The van der Waals surface area contributed by atoms with Gasteiger partial charge in [-0.1, -0.05) is 12.1 Å². The van der Waals surface area contributed by atoms with Gasteiger partial charge in [-0.2, -0.15) is 5.10 Å². The van der Waals surface area contributed by atoms with Gasteiger partial charge in [-0.05, 0) is 19.4 Å². The number of nitrogens with zero attached hydrogens (tertiary/aromatic N) is 5. The van der Waals surface area contributed by atoms with Crippen molar-refractivity contribution in [3.8, 4) is 0 Å². The predicted molar refractivity (Wildman–Crippen MR) is 70.8 cm³/mol. The van der Waals surface area contributed by atoms with Gasteiger partial charge >= 0.3 is 0 Å². The summed E-state index contributed by atoms with van der Waals surface area (Å²) in [4.78, 5) is 0. The highest BCUT2D eigenvalue weighted by molar-refractivity contribution is 6.17. The summed E-state index contributed by atoms with van der Waals surface area (Å²) in [5.74, 6) is 0.575. The molecule has 2 aromatic rings. The lowest BCUT2D eigenvalue weighted by atomic mass is 10.3. The summed E-state index contributed by atoms with van der Waals surface area (Å²) in [6.07, 6.45) is 3.66. The monoisotopic (exact) mass is 267 g/mol. The highest BCUT2D eigenvalue weighted by Crippen LogP contribution is 2.08. The van der Waals surface area contributed by atoms with Gasteiger partial charge in [0.1, 0.15) is 0 Å². The number of aromatic nitrogens is 5. The van der Waals surface area contributed by atoms with E-state index in [0.29, 0.717) is 12.4 Å². The largest absolute Gasteiger partial charge is 0.268 e. The molecule has 2 rings (SSSR count). The van der Waals surface area contributed by atoms with Gasteiger partial charge in [0, 0.05) is 25.0 Å². The molecule has 0 bridgehead atoms. The summed E-state index contributed by atoms with van der Waals surface area (Å²) in [5, 5.41) is 12.7. The minimum absolute atomic E-state index is 0.575. The third kappa shape index (κ3) is 2.90. The van der Waals surface area contributed by atoms with E-state index in [1.807, 2.05) is 15.6 Å². The Bertz CT molecular complexity index is 502. The molecule has 0 spiro atoms. The molecule has 0 N–H and O–H groups in total. The van der Waals surface area contributed by atoms with Crippen LogP contribution in [0.25, 0.3) is 0 Å². The van der Waals surface area contributed by atoms with Gasteiger partial charge in [0.2, 0.25) is 0 Å². The summed E-state index contributed by atoms with van der Waals surface area (Å²) in [7, 11) is 0. The van der Waals surface area contributed by atoms with E-state index in [-0.39, 0.29) is 0 Å². The van der Waals surface area contributed by atoms with E-state index in [2.05, 4.69) is 35.3 Å². The molecular formula is C12H18ClN5. The molecule has 0 amide bonds. The number of halogens is 1. The zero-order chi connectivity index (χ0) is 13.0. The van der Waals surface area contributed by atoms with Crippen molar-refractivity contribution in [1.29, 1.82) is 0 Å². The number of hydrogen-bond acceptors (Lipinski definition) is 3. The van der Waals surface area contributed by atoms with Crippen LogP contribution < -0.4 is 0 Å². The average Bonchev–Trinajstić information content (AvgIpc) is 2.97. The van der Waals surface area contributed by atoms with E-state index in [9.17, 15) is 0 Å². The van der Waals surface area contributed by atoms with Crippen LogP contribution in [0.4, 0.5) is 0 Å². The zero-order valence-corrected chi connectivity index (χ0v) is 11.6. The van der Waals surface area contributed by atoms with Crippen molar-refractivity contribution in [3.05, 3.63) is 29.3 Å². The van der Waals surface area contributed by atoms with E-state index in [1.54, 1.807) is 0 Å². The lowest BCUT2D eigenvalue weighted by molar-refractivity contribution is 0.563. The van der Waals surface area contributed by atoms with Crippen LogP contribution in [0, 0.1) is 0 Å². The van der Waals surface area contributed by atoms with Gasteiger partial charge in [0.15, 0.2) is 0 Å². The fourth-order valence-corrected chi connectivity index (χ4v) is 2.08. The van der Waals surface area contributed by atoms with Gasteiger partial charge in [-0.25, -0.2) is 4.68 Å². The molecule has 0 unspecified atom stereocenters. The van der Waals surface area contributed by atoms with E-state index >= 15 is 0 Å². The maximum Gasteiger partial charge on any atom is 0.0846 e. The first-order valence-corrected chi connectivity index (χ1v) is 6.80. The van der Waals surface area contributed by atoms with Gasteiger partial charge in [0.25, 0.3) is 0 Å². The molecule has 0 fully saturated rings. The normalized spacial score (nSPS) is 11.1. The molecular weight excluding hydrogens is 250 g/mol. The third-order valence-corrected chi connectivity index (χ3v) is 3.03. The van der Waals surface area contributed by atoms with E-state index in [0.717, 1.165) is 36.5 Å². The van der Waals surface area contributed by atoms with Crippen LogP contribution in [0.15, 0.2) is 12.3 Å². The summed E-state index contributed by atoms with van der Waals surface area (Å²) in [6.45, 7) is 5.78. The molecule has 6 heteroatoms. The van der Waals surface area contributed by atoms with Gasteiger partial charge in [-0.15, -0.1) is 16.7 Å². The van der Waals surface area contributed by atoms with Crippen LogP contribution >= 0.6 is 11.6 Å². The predicted octanol–water partition coefficient (Wildman–Crippen LogP) is 1.89. The lowest BCUT2D eigenvalue weighted by Gasteiger charge is -2.03. The van der Waals surface area contributed by atoms with Crippen LogP contribution in [0.2, 0.25) is 0 Å². The number of rotatable bonds is 6. The maximum absolute atomic E-state index is 5.68. The smallest absolute Gasteiger partial charge is 0.0846 e. The Balaban J connectivity index is 2.14. The first-order valence-electron chi connectivity index (χ1n) is 6.27. The van der Waals surface area contributed by atoms with Crippen LogP contribution in [-0.4, -0.2) is 30.7 Å². The molecule has 0 saturated carbocycles. The molecule has 98 valence electrons. The molecule has 2 aromatic heterocycles. The van der Waals surface area contributed by atoms with Crippen LogP contribution in [0.3, 0.4) is 0 Å². The second kappa shape index (κ2) is 6.00. The summed E-state index contributed by atoms with van der Waals surface area (Å²) < 4.78 is 3.85. The molecule has 0 atom stereocenters. The molecule has 0 aliphatic carbocycles. The van der Waals surface area contributed by atoms with Crippen molar-refractivity contribution >= 4 is 11.6 Å². The minimum Gasteiger partial charge on any atom is -0.268 e.